The minimum Gasteiger partial charge on any atom is -0.359 e. The molecule has 0 aliphatic heterocycles. The average Bonchev–Trinajstić information content (AvgIpc) is 2.48. The number of nitrogens with one attached hydrogen (secondary N) is 1. The van der Waals surface area contributed by atoms with Gasteiger partial charge in [-0.3, -0.25) is 0 Å². The van der Waals surface area contributed by atoms with Gasteiger partial charge in [-0.1, -0.05) is 13.8 Å². The van der Waals surface area contributed by atoms with Gasteiger partial charge in [0.1, 0.15) is 4.60 Å². The normalized spacial score (nSPS) is 13.2. The van der Waals surface area contributed by atoms with Gasteiger partial charge in [0.15, 0.2) is 5.13 Å². The van der Waals surface area contributed by atoms with Crippen LogP contribution in [0.2, 0.25) is 0 Å². The SMILES string of the molecule is CC(C)CCC(C)Nc1nc(Br)cs1. The Kier molecular flexibility index (Phi) is 4.89. The molecule has 0 aliphatic carbocycles. The van der Waals surface area contributed by atoms with Crippen LogP contribution < -0.4 is 5.32 Å². The maximum atomic E-state index is 4.30. The van der Waals surface area contributed by atoms with Gasteiger partial charge in [-0.25, -0.2) is 4.98 Å². The van der Waals surface area contributed by atoms with Crippen molar-refractivity contribution in [3.8, 4) is 0 Å². The predicted molar refractivity (Wildman–Crippen MR) is 67.0 cm³/mol. The predicted octanol–water partition coefficient (Wildman–Crippen LogP) is 4.14. The molecule has 80 valence electrons. The Morgan fingerprint density at radius 2 is 2.14 bits per heavy atom. The molecule has 0 bridgehead atoms. The lowest BCUT2D eigenvalue weighted by molar-refractivity contribution is 0.527. The van der Waals surface area contributed by atoms with Crippen molar-refractivity contribution in [1.29, 1.82) is 0 Å². The van der Waals surface area contributed by atoms with Gasteiger partial charge in [-0.15, -0.1) is 11.3 Å². The molecule has 0 spiro atoms. The number of anilines is 1. The zero-order valence-electron chi connectivity index (χ0n) is 8.88. The van der Waals surface area contributed by atoms with Gasteiger partial charge in [-0.05, 0) is 41.6 Å². The van der Waals surface area contributed by atoms with Gasteiger partial charge >= 0.3 is 0 Å². The monoisotopic (exact) mass is 276 g/mol. The van der Waals surface area contributed by atoms with Crippen LogP contribution in [0.4, 0.5) is 5.13 Å². The Hall–Kier alpha value is -0.0900. The van der Waals surface area contributed by atoms with Crippen LogP contribution in [-0.4, -0.2) is 11.0 Å². The zero-order chi connectivity index (χ0) is 10.6. The summed E-state index contributed by atoms with van der Waals surface area (Å²) in [6.45, 7) is 6.72. The molecule has 0 saturated carbocycles. The molecule has 4 heteroatoms. The molecule has 1 unspecified atom stereocenters. The second kappa shape index (κ2) is 5.71. The molecule has 0 amide bonds. The highest BCUT2D eigenvalue weighted by atomic mass is 79.9. The highest BCUT2D eigenvalue weighted by molar-refractivity contribution is 9.10. The van der Waals surface area contributed by atoms with E-state index in [1.807, 2.05) is 5.38 Å². The van der Waals surface area contributed by atoms with Gasteiger partial charge in [0.2, 0.25) is 0 Å². The molecule has 2 nitrogen and oxygen atoms in total. The second-order valence-electron chi connectivity index (χ2n) is 3.99. The highest BCUT2D eigenvalue weighted by Crippen LogP contribution is 2.21. The molecule has 1 aromatic rings. The lowest BCUT2D eigenvalue weighted by atomic mass is 10.0. The number of rotatable bonds is 5. The molecule has 1 N–H and O–H groups in total. The van der Waals surface area contributed by atoms with Gasteiger partial charge in [0.25, 0.3) is 0 Å². The number of hydrogen-bond donors (Lipinski definition) is 1. The van der Waals surface area contributed by atoms with Crippen LogP contribution in [0, 0.1) is 5.92 Å². The van der Waals surface area contributed by atoms with E-state index in [4.69, 9.17) is 0 Å². The first-order valence-electron chi connectivity index (χ1n) is 4.95. The van der Waals surface area contributed by atoms with Crippen molar-refractivity contribution in [3.05, 3.63) is 9.98 Å². The second-order valence-corrected chi connectivity index (χ2v) is 5.66. The zero-order valence-corrected chi connectivity index (χ0v) is 11.3. The average molecular weight is 277 g/mol. The Bertz CT molecular complexity index is 273. The summed E-state index contributed by atoms with van der Waals surface area (Å²) in [6, 6.07) is 0.510. The molecule has 0 fully saturated rings. The Morgan fingerprint density at radius 3 is 2.64 bits per heavy atom. The molecule has 1 rings (SSSR count). The Balaban J connectivity index is 2.30. The third-order valence-electron chi connectivity index (χ3n) is 2.02. The van der Waals surface area contributed by atoms with Crippen molar-refractivity contribution < 1.29 is 0 Å². The third kappa shape index (κ3) is 4.42. The fraction of sp³-hybridized carbons (Fsp3) is 0.700. The quantitative estimate of drug-likeness (QED) is 0.874. The van der Waals surface area contributed by atoms with Gasteiger partial charge in [0, 0.05) is 11.4 Å². The fourth-order valence-electron chi connectivity index (χ4n) is 1.19. The molecular formula is C10H17BrN2S. The summed E-state index contributed by atoms with van der Waals surface area (Å²) >= 11 is 4.99. The van der Waals surface area contributed by atoms with E-state index < -0.39 is 0 Å². The smallest absolute Gasteiger partial charge is 0.183 e. The van der Waals surface area contributed by atoms with E-state index in [9.17, 15) is 0 Å². The maximum absolute atomic E-state index is 4.30. The van der Waals surface area contributed by atoms with Crippen molar-refractivity contribution in [2.24, 2.45) is 5.92 Å². The molecular weight excluding hydrogens is 260 g/mol. The number of aromatic nitrogens is 1. The van der Waals surface area contributed by atoms with Crippen molar-refractivity contribution in [2.45, 2.75) is 39.7 Å². The molecule has 0 aliphatic rings. The first kappa shape index (κ1) is 12.0. The fourth-order valence-corrected chi connectivity index (χ4v) is 2.44. The van der Waals surface area contributed by atoms with E-state index >= 15 is 0 Å². The number of hydrogen-bond acceptors (Lipinski definition) is 3. The molecule has 0 radical (unpaired) electrons. The van der Waals surface area contributed by atoms with Gasteiger partial charge < -0.3 is 5.32 Å². The Labute approximate surface area is 98.3 Å². The van der Waals surface area contributed by atoms with E-state index in [-0.39, 0.29) is 0 Å². The topological polar surface area (TPSA) is 24.9 Å². The summed E-state index contributed by atoms with van der Waals surface area (Å²) in [5.41, 5.74) is 0. The number of thiazole rings is 1. The standard InChI is InChI=1S/C10H17BrN2S/c1-7(2)4-5-8(3)12-10-13-9(11)6-14-10/h6-8H,4-5H2,1-3H3,(H,12,13). The van der Waals surface area contributed by atoms with Crippen LogP contribution in [0.5, 0.6) is 0 Å². The first-order valence-corrected chi connectivity index (χ1v) is 6.62. The lowest BCUT2D eigenvalue weighted by Gasteiger charge is -2.13. The van der Waals surface area contributed by atoms with E-state index in [2.05, 4.69) is 47.0 Å². The van der Waals surface area contributed by atoms with Crippen molar-refractivity contribution >= 4 is 32.4 Å². The molecule has 0 aromatic carbocycles. The lowest BCUT2D eigenvalue weighted by Crippen LogP contribution is -2.15. The van der Waals surface area contributed by atoms with Crippen LogP contribution in [0.1, 0.15) is 33.6 Å². The van der Waals surface area contributed by atoms with E-state index in [0.717, 1.165) is 15.7 Å². The minimum absolute atomic E-state index is 0.510. The number of nitrogens with zero attached hydrogens (tertiary/aromatic N) is 1. The summed E-state index contributed by atoms with van der Waals surface area (Å²) in [5, 5.41) is 6.40. The molecule has 14 heavy (non-hydrogen) atoms. The summed E-state index contributed by atoms with van der Waals surface area (Å²) in [4.78, 5) is 4.30. The minimum atomic E-state index is 0.510. The van der Waals surface area contributed by atoms with Crippen LogP contribution in [0.25, 0.3) is 0 Å². The van der Waals surface area contributed by atoms with E-state index in [1.165, 1.54) is 12.8 Å². The summed E-state index contributed by atoms with van der Waals surface area (Å²) in [6.07, 6.45) is 2.47. The van der Waals surface area contributed by atoms with Gasteiger partial charge in [0.05, 0.1) is 0 Å². The van der Waals surface area contributed by atoms with Crippen LogP contribution in [0.3, 0.4) is 0 Å². The van der Waals surface area contributed by atoms with Crippen LogP contribution in [0.15, 0.2) is 9.98 Å². The van der Waals surface area contributed by atoms with Crippen LogP contribution in [-0.2, 0) is 0 Å². The molecule has 1 heterocycles. The first-order chi connectivity index (χ1) is 6.58. The third-order valence-corrected chi connectivity index (χ3v) is 3.51. The van der Waals surface area contributed by atoms with Crippen molar-refractivity contribution in [1.82, 2.24) is 4.98 Å². The maximum Gasteiger partial charge on any atom is 0.183 e. The van der Waals surface area contributed by atoms with Crippen molar-refractivity contribution in [3.63, 3.8) is 0 Å². The van der Waals surface area contributed by atoms with Gasteiger partial charge in [-0.2, -0.15) is 0 Å². The molecule has 1 aromatic heterocycles. The van der Waals surface area contributed by atoms with Crippen LogP contribution >= 0.6 is 27.3 Å². The summed E-state index contributed by atoms with van der Waals surface area (Å²) < 4.78 is 0.918. The molecule has 1 atom stereocenters. The molecule has 0 saturated heterocycles. The van der Waals surface area contributed by atoms with E-state index in [1.54, 1.807) is 11.3 Å². The van der Waals surface area contributed by atoms with Crippen molar-refractivity contribution in [2.75, 3.05) is 5.32 Å². The Morgan fingerprint density at radius 1 is 1.43 bits per heavy atom. The summed E-state index contributed by atoms with van der Waals surface area (Å²) in [7, 11) is 0. The summed E-state index contributed by atoms with van der Waals surface area (Å²) in [5.74, 6) is 0.780. The number of halogens is 1. The largest absolute Gasteiger partial charge is 0.359 e. The highest BCUT2D eigenvalue weighted by Gasteiger charge is 2.05. The van der Waals surface area contributed by atoms with E-state index in [0.29, 0.717) is 6.04 Å².